The van der Waals surface area contributed by atoms with E-state index in [9.17, 15) is 19.2 Å². The highest BCUT2D eigenvalue weighted by molar-refractivity contribution is 6.20. The zero-order chi connectivity index (χ0) is 22.4. The fraction of sp³-hybridized carbons (Fsp3) is 0.333. The molecule has 3 rings (SSSR count). The number of amides is 3. The molecule has 1 atom stereocenters. The lowest BCUT2D eigenvalue weighted by atomic mass is 9.97. The van der Waals surface area contributed by atoms with Gasteiger partial charge in [-0.2, -0.15) is 0 Å². The van der Waals surface area contributed by atoms with Crippen molar-refractivity contribution in [2.24, 2.45) is 5.92 Å². The second-order valence-electron chi connectivity index (χ2n) is 7.91. The van der Waals surface area contributed by atoms with Crippen LogP contribution in [0, 0.1) is 5.92 Å². The SMILES string of the molecule is CC(C)CC(NC(=O)COC(=O)c1cccc(N2C(=O)CCC2=O)c1)c1ccccc1. The van der Waals surface area contributed by atoms with Gasteiger partial charge in [-0.05, 0) is 36.1 Å². The molecule has 0 radical (unpaired) electrons. The minimum atomic E-state index is -0.698. The van der Waals surface area contributed by atoms with E-state index >= 15 is 0 Å². The van der Waals surface area contributed by atoms with Crippen molar-refractivity contribution < 1.29 is 23.9 Å². The smallest absolute Gasteiger partial charge is 0.338 e. The number of hydrogen-bond acceptors (Lipinski definition) is 5. The van der Waals surface area contributed by atoms with Gasteiger partial charge >= 0.3 is 5.97 Å². The van der Waals surface area contributed by atoms with E-state index in [-0.39, 0.29) is 36.3 Å². The van der Waals surface area contributed by atoms with Crippen LogP contribution in [0.2, 0.25) is 0 Å². The minimum absolute atomic E-state index is 0.159. The molecule has 0 spiro atoms. The van der Waals surface area contributed by atoms with Gasteiger partial charge in [-0.3, -0.25) is 19.3 Å². The fourth-order valence-corrected chi connectivity index (χ4v) is 3.52. The van der Waals surface area contributed by atoms with Crippen molar-refractivity contribution in [3.63, 3.8) is 0 Å². The van der Waals surface area contributed by atoms with Crippen LogP contribution in [0.3, 0.4) is 0 Å². The number of nitrogens with zero attached hydrogens (tertiary/aromatic N) is 1. The van der Waals surface area contributed by atoms with Crippen LogP contribution in [0.1, 0.15) is 55.1 Å². The predicted molar refractivity (Wildman–Crippen MR) is 115 cm³/mol. The molecule has 1 unspecified atom stereocenters. The number of nitrogens with one attached hydrogen (secondary N) is 1. The number of rotatable bonds is 8. The molecule has 2 aromatic rings. The second kappa shape index (κ2) is 10.0. The second-order valence-corrected chi connectivity index (χ2v) is 7.91. The molecule has 1 aliphatic heterocycles. The highest BCUT2D eigenvalue weighted by atomic mass is 16.5. The summed E-state index contributed by atoms with van der Waals surface area (Å²) in [4.78, 5) is 49.7. The van der Waals surface area contributed by atoms with Gasteiger partial charge in [-0.15, -0.1) is 0 Å². The summed E-state index contributed by atoms with van der Waals surface area (Å²) in [5.41, 5.74) is 1.48. The van der Waals surface area contributed by atoms with Gasteiger partial charge in [-0.1, -0.05) is 50.2 Å². The summed E-state index contributed by atoms with van der Waals surface area (Å²) in [7, 11) is 0. The van der Waals surface area contributed by atoms with Crippen LogP contribution in [0.5, 0.6) is 0 Å². The fourth-order valence-electron chi connectivity index (χ4n) is 3.52. The molecule has 7 nitrogen and oxygen atoms in total. The van der Waals surface area contributed by atoms with E-state index in [0.717, 1.165) is 16.9 Å². The molecular weight excluding hydrogens is 396 g/mol. The van der Waals surface area contributed by atoms with Gasteiger partial charge < -0.3 is 10.1 Å². The monoisotopic (exact) mass is 422 g/mol. The van der Waals surface area contributed by atoms with Crippen LogP contribution in [0.25, 0.3) is 0 Å². The normalized spacial score (nSPS) is 14.6. The average molecular weight is 422 g/mol. The Hall–Kier alpha value is -3.48. The Morgan fingerprint density at radius 3 is 2.32 bits per heavy atom. The molecule has 1 heterocycles. The van der Waals surface area contributed by atoms with Crippen LogP contribution in [0.15, 0.2) is 54.6 Å². The molecule has 1 fully saturated rings. The molecule has 0 aliphatic carbocycles. The summed E-state index contributed by atoms with van der Waals surface area (Å²) in [6.07, 6.45) is 1.07. The van der Waals surface area contributed by atoms with Crippen molar-refractivity contribution >= 4 is 29.4 Å². The van der Waals surface area contributed by atoms with Crippen LogP contribution in [0.4, 0.5) is 5.69 Å². The maximum Gasteiger partial charge on any atom is 0.338 e. The summed E-state index contributed by atoms with van der Waals surface area (Å²) in [5.74, 6) is -1.33. The number of hydrogen-bond donors (Lipinski definition) is 1. The van der Waals surface area contributed by atoms with Crippen LogP contribution < -0.4 is 10.2 Å². The third-order valence-corrected chi connectivity index (χ3v) is 4.97. The maximum absolute atomic E-state index is 12.4. The van der Waals surface area contributed by atoms with E-state index in [1.807, 2.05) is 30.3 Å². The highest BCUT2D eigenvalue weighted by Crippen LogP contribution is 2.24. The average Bonchev–Trinajstić information content (AvgIpc) is 3.10. The van der Waals surface area contributed by atoms with Crippen LogP contribution in [-0.2, 0) is 19.1 Å². The Morgan fingerprint density at radius 2 is 1.68 bits per heavy atom. The zero-order valence-corrected chi connectivity index (χ0v) is 17.7. The van der Waals surface area contributed by atoms with Crippen molar-refractivity contribution in [2.45, 2.75) is 39.2 Å². The molecule has 0 aromatic heterocycles. The molecule has 0 bridgehead atoms. The summed E-state index contributed by atoms with van der Waals surface area (Å²) in [5, 5.41) is 2.93. The lowest BCUT2D eigenvalue weighted by Gasteiger charge is -2.21. The molecular formula is C24H26N2O5. The Bertz CT molecular complexity index is 955. The Labute approximate surface area is 181 Å². The lowest BCUT2D eigenvalue weighted by Crippen LogP contribution is -2.33. The van der Waals surface area contributed by atoms with Crippen molar-refractivity contribution in [3.05, 3.63) is 65.7 Å². The molecule has 3 amide bonds. The standard InChI is InChI=1S/C24H26N2O5/c1-16(2)13-20(17-7-4-3-5-8-17)25-21(27)15-31-24(30)18-9-6-10-19(14-18)26-22(28)11-12-23(26)29/h3-10,14,16,20H,11-13,15H2,1-2H3,(H,25,27). The van der Waals surface area contributed by atoms with Gasteiger partial charge in [0.05, 0.1) is 17.3 Å². The number of anilines is 1. The molecule has 0 saturated carbocycles. The summed E-state index contributed by atoms with van der Waals surface area (Å²) in [6.45, 7) is 3.72. The third kappa shape index (κ3) is 5.78. The largest absolute Gasteiger partial charge is 0.452 e. The number of ether oxygens (including phenoxy) is 1. The topological polar surface area (TPSA) is 92.8 Å². The first-order chi connectivity index (χ1) is 14.8. The van der Waals surface area contributed by atoms with Crippen LogP contribution >= 0.6 is 0 Å². The molecule has 1 aliphatic rings. The van der Waals surface area contributed by atoms with Gasteiger partial charge in [0, 0.05) is 12.8 Å². The first kappa shape index (κ1) is 22.2. The van der Waals surface area contributed by atoms with E-state index in [4.69, 9.17) is 4.74 Å². The van der Waals surface area contributed by atoms with E-state index < -0.39 is 18.5 Å². The first-order valence-corrected chi connectivity index (χ1v) is 10.3. The Morgan fingerprint density at radius 1 is 1.00 bits per heavy atom. The maximum atomic E-state index is 12.4. The van der Waals surface area contributed by atoms with E-state index in [1.54, 1.807) is 12.1 Å². The van der Waals surface area contributed by atoms with Gasteiger partial charge in [0.1, 0.15) is 0 Å². The van der Waals surface area contributed by atoms with Crippen molar-refractivity contribution in [1.29, 1.82) is 0 Å². The number of carbonyl (C=O) groups is 4. The third-order valence-electron chi connectivity index (χ3n) is 4.97. The number of benzene rings is 2. The first-order valence-electron chi connectivity index (χ1n) is 10.3. The zero-order valence-electron chi connectivity index (χ0n) is 17.7. The highest BCUT2D eigenvalue weighted by Gasteiger charge is 2.30. The van der Waals surface area contributed by atoms with Crippen molar-refractivity contribution in [2.75, 3.05) is 11.5 Å². The number of carbonyl (C=O) groups excluding carboxylic acids is 4. The van der Waals surface area contributed by atoms with Crippen molar-refractivity contribution in [3.8, 4) is 0 Å². The molecule has 7 heteroatoms. The number of esters is 1. The minimum Gasteiger partial charge on any atom is -0.452 e. The quantitative estimate of drug-likeness (QED) is 0.520. The molecule has 2 aromatic carbocycles. The van der Waals surface area contributed by atoms with E-state index in [2.05, 4.69) is 19.2 Å². The van der Waals surface area contributed by atoms with Gasteiger partial charge in [0.15, 0.2) is 6.61 Å². The van der Waals surface area contributed by atoms with E-state index in [1.165, 1.54) is 12.1 Å². The summed E-state index contributed by atoms with van der Waals surface area (Å²) < 4.78 is 5.16. The van der Waals surface area contributed by atoms with Crippen molar-refractivity contribution in [1.82, 2.24) is 5.32 Å². The predicted octanol–water partition coefficient (Wildman–Crippen LogP) is 3.40. The molecule has 1 N–H and O–H groups in total. The van der Waals surface area contributed by atoms with E-state index in [0.29, 0.717) is 11.6 Å². The van der Waals surface area contributed by atoms with Crippen LogP contribution in [-0.4, -0.2) is 30.3 Å². The summed E-state index contributed by atoms with van der Waals surface area (Å²) in [6, 6.07) is 15.6. The molecule has 162 valence electrons. The molecule has 31 heavy (non-hydrogen) atoms. The lowest BCUT2D eigenvalue weighted by molar-refractivity contribution is -0.125. The Balaban J connectivity index is 1.61. The number of imide groups is 1. The summed E-state index contributed by atoms with van der Waals surface area (Å²) >= 11 is 0. The van der Waals surface area contributed by atoms with Gasteiger partial charge in [-0.25, -0.2) is 4.79 Å². The molecule has 1 saturated heterocycles. The van der Waals surface area contributed by atoms with Gasteiger partial charge in [0.25, 0.3) is 5.91 Å². The van der Waals surface area contributed by atoms with Gasteiger partial charge in [0.2, 0.25) is 11.8 Å². The Kier molecular flexibility index (Phi) is 7.18.